The zero-order valence-corrected chi connectivity index (χ0v) is 12.2. The van der Waals surface area contributed by atoms with Gasteiger partial charge in [0.05, 0.1) is 13.2 Å². The normalized spacial score (nSPS) is 12.9. The van der Waals surface area contributed by atoms with Crippen LogP contribution in [-0.2, 0) is 13.6 Å². The largest absolute Gasteiger partial charge is 0.354 e. The predicted molar refractivity (Wildman–Crippen MR) is 71.9 cm³/mol. The Hall–Kier alpha value is -0.0200. The summed E-state index contributed by atoms with van der Waals surface area (Å²) in [5, 5.41) is 0. The highest BCUT2D eigenvalue weighted by Gasteiger charge is 2.19. The molecular formula is C11H21O3PS. The summed E-state index contributed by atoms with van der Waals surface area (Å²) in [5.74, 6) is 2.37. The first-order chi connectivity index (χ1) is 7.43. The summed E-state index contributed by atoms with van der Waals surface area (Å²) in [4.78, 5) is 1.04. The zero-order valence-electron chi connectivity index (χ0n) is 10.5. The summed E-state index contributed by atoms with van der Waals surface area (Å²) >= 11 is 1.62. The zero-order chi connectivity index (χ0) is 12.6. The first-order valence-electron chi connectivity index (χ1n) is 5.29. The Morgan fingerprint density at radius 1 is 1.31 bits per heavy atom. The fourth-order valence-corrected chi connectivity index (χ4v) is 3.27. The van der Waals surface area contributed by atoms with Crippen molar-refractivity contribution in [2.75, 3.05) is 19.0 Å². The number of thioether (sulfide) groups is 1. The van der Waals surface area contributed by atoms with E-state index >= 15 is 0 Å². The smallest absolute Gasteiger partial charge is 0.306 e. The predicted octanol–water partition coefficient (Wildman–Crippen LogP) is 4.42. The van der Waals surface area contributed by atoms with Gasteiger partial charge in [-0.1, -0.05) is 12.2 Å². The molecule has 0 aliphatic heterocycles. The molecule has 94 valence electrons. The lowest BCUT2D eigenvalue weighted by Gasteiger charge is -2.14. The van der Waals surface area contributed by atoms with Crippen molar-refractivity contribution in [3.8, 4) is 0 Å². The van der Waals surface area contributed by atoms with Gasteiger partial charge in [-0.2, -0.15) is 0 Å². The minimum Gasteiger partial charge on any atom is -0.306 e. The molecule has 0 radical (unpaired) electrons. The first kappa shape index (κ1) is 16.0. The fourth-order valence-electron chi connectivity index (χ4n) is 1.02. The van der Waals surface area contributed by atoms with Gasteiger partial charge in [0.15, 0.2) is 0 Å². The molecule has 0 amide bonds. The van der Waals surface area contributed by atoms with E-state index in [1.54, 1.807) is 31.4 Å². The van der Waals surface area contributed by atoms with E-state index in [9.17, 15) is 4.57 Å². The van der Waals surface area contributed by atoms with Crippen molar-refractivity contribution in [1.82, 2.24) is 0 Å². The summed E-state index contributed by atoms with van der Waals surface area (Å²) in [6.45, 7) is 12.0. The molecule has 0 rings (SSSR count). The fraction of sp³-hybridized carbons (Fsp3) is 0.636. The van der Waals surface area contributed by atoms with E-state index in [2.05, 4.69) is 6.58 Å². The molecular weight excluding hydrogens is 243 g/mol. The molecule has 5 heteroatoms. The van der Waals surface area contributed by atoms with Crippen LogP contribution in [0.2, 0.25) is 0 Å². The number of hydrogen-bond acceptors (Lipinski definition) is 4. The molecule has 0 aromatic carbocycles. The second-order valence-corrected chi connectivity index (χ2v) is 6.47. The molecule has 0 aliphatic rings. The molecule has 0 bridgehead atoms. The molecule has 16 heavy (non-hydrogen) atoms. The third kappa shape index (κ3) is 7.29. The van der Waals surface area contributed by atoms with Crippen molar-refractivity contribution < 1.29 is 13.6 Å². The van der Waals surface area contributed by atoms with Gasteiger partial charge in [0.25, 0.3) is 0 Å². The topological polar surface area (TPSA) is 35.5 Å². The van der Waals surface area contributed by atoms with Crippen LogP contribution in [0.3, 0.4) is 0 Å². The van der Waals surface area contributed by atoms with E-state index in [1.807, 2.05) is 13.8 Å². The summed E-state index contributed by atoms with van der Waals surface area (Å²) < 4.78 is 22.5. The molecule has 0 aromatic rings. The second kappa shape index (κ2) is 8.13. The molecule has 3 nitrogen and oxygen atoms in total. The molecule has 0 aromatic heterocycles. The van der Waals surface area contributed by atoms with Crippen LogP contribution in [-0.4, -0.2) is 19.0 Å². The van der Waals surface area contributed by atoms with Crippen molar-refractivity contribution in [2.45, 2.75) is 27.7 Å². The van der Waals surface area contributed by atoms with Gasteiger partial charge in [-0.15, -0.1) is 11.8 Å². The molecule has 0 N–H and O–H groups in total. The Bertz CT molecular complexity index is 290. The lowest BCUT2D eigenvalue weighted by Crippen LogP contribution is -1.94. The maximum absolute atomic E-state index is 12.1. The summed E-state index contributed by atoms with van der Waals surface area (Å²) in [6.07, 6.45) is 0. The van der Waals surface area contributed by atoms with Crippen molar-refractivity contribution in [3.63, 3.8) is 0 Å². The van der Waals surface area contributed by atoms with Crippen molar-refractivity contribution in [2.24, 2.45) is 0 Å². The summed E-state index contributed by atoms with van der Waals surface area (Å²) in [6, 6.07) is 0. The van der Waals surface area contributed by atoms with Gasteiger partial charge in [0.1, 0.15) is 0 Å². The standard InChI is InChI=1S/C11H21O3PS/c1-6-13-15(12,14-7-2)8-11(5)9-16-10(3)4/h8H,3,6-7,9H2,1-2,4-5H3/b11-8-. The second-order valence-electron chi connectivity index (χ2n) is 3.34. The molecule has 0 saturated heterocycles. The highest BCUT2D eigenvalue weighted by molar-refractivity contribution is 8.03. The van der Waals surface area contributed by atoms with Crippen LogP contribution >= 0.6 is 19.4 Å². The van der Waals surface area contributed by atoms with E-state index < -0.39 is 7.60 Å². The molecule has 0 spiro atoms. The van der Waals surface area contributed by atoms with Crippen LogP contribution in [0.25, 0.3) is 0 Å². The van der Waals surface area contributed by atoms with Crippen LogP contribution in [0.4, 0.5) is 0 Å². The summed E-state index contributed by atoms with van der Waals surface area (Å²) in [5.41, 5.74) is 0.984. The Morgan fingerprint density at radius 2 is 1.81 bits per heavy atom. The molecule has 0 aliphatic carbocycles. The third-order valence-corrected chi connectivity index (χ3v) is 4.63. The Balaban J connectivity index is 4.51. The molecule has 0 atom stereocenters. The van der Waals surface area contributed by atoms with Crippen molar-refractivity contribution >= 4 is 19.4 Å². The highest BCUT2D eigenvalue weighted by Crippen LogP contribution is 2.50. The van der Waals surface area contributed by atoms with Crippen LogP contribution in [0, 0.1) is 0 Å². The average molecular weight is 264 g/mol. The Labute approximate surface area is 103 Å². The van der Waals surface area contributed by atoms with Gasteiger partial charge in [-0.3, -0.25) is 4.57 Å². The molecule has 0 heterocycles. The number of hydrogen-bond donors (Lipinski definition) is 0. The average Bonchev–Trinajstić information content (AvgIpc) is 2.15. The molecule has 0 fully saturated rings. The highest BCUT2D eigenvalue weighted by atomic mass is 32.2. The quantitative estimate of drug-likeness (QED) is 0.608. The Morgan fingerprint density at radius 3 is 2.19 bits per heavy atom. The van der Waals surface area contributed by atoms with Crippen molar-refractivity contribution in [3.05, 3.63) is 22.9 Å². The minimum atomic E-state index is -3.04. The van der Waals surface area contributed by atoms with Crippen LogP contribution in [0.5, 0.6) is 0 Å². The molecule has 0 saturated carbocycles. The monoisotopic (exact) mass is 264 g/mol. The van der Waals surface area contributed by atoms with Gasteiger partial charge in [-0.25, -0.2) is 0 Å². The van der Waals surface area contributed by atoms with E-state index in [0.717, 1.165) is 16.2 Å². The maximum atomic E-state index is 12.1. The minimum absolute atomic E-state index is 0.384. The van der Waals surface area contributed by atoms with Crippen LogP contribution in [0.1, 0.15) is 27.7 Å². The van der Waals surface area contributed by atoms with Gasteiger partial charge in [0, 0.05) is 11.6 Å². The van der Waals surface area contributed by atoms with E-state index in [0.29, 0.717) is 13.2 Å². The van der Waals surface area contributed by atoms with Gasteiger partial charge in [-0.05, 0) is 32.6 Å². The van der Waals surface area contributed by atoms with Crippen LogP contribution < -0.4 is 0 Å². The third-order valence-electron chi connectivity index (χ3n) is 1.54. The lowest BCUT2D eigenvalue weighted by atomic mass is 10.4. The van der Waals surface area contributed by atoms with Gasteiger partial charge >= 0.3 is 7.60 Å². The van der Waals surface area contributed by atoms with Gasteiger partial charge in [0.2, 0.25) is 0 Å². The van der Waals surface area contributed by atoms with Gasteiger partial charge < -0.3 is 9.05 Å². The first-order valence-corrected chi connectivity index (χ1v) is 7.88. The lowest BCUT2D eigenvalue weighted by molar-refractivity contribution is 0.228. The van der Waals surface area contributed by atoms with Crippen molar-refractivity contribution in [1.29, 1.82) is 0 Å². The summed E-state index contributed by atoms with van der Waals surface area (Å²) in [7, 11) is -3.04. The van der Waals surface area contributed by atoms with Crippen LogP contribution in [0.15, 0.2) is 22.9 Å². The SMILES string of the molecule is C=C(C)SC/C(C)=C\P(=O)(OCC)OCC. The molecule has 0 unspecified atom stereocenters. The van der Waals surface area contributed by atoms with E-state index in [4.69, 9.17) is 9.05 Å². The maximum Gasteiger partial charge on any atom is 0.354 e. The number of rotatable bonds is 8. The van der Waals surface area contributed by atoms with E-state index in [1.165, 1.54) is 0 Å². The van der Waals surface area contributed by atoms with E-state index in [-0.39, 0.29) is 0 Å². The Kier molecular flexibility index (Phi) is 8.12. The number of allylic oxidation sites excluding steroid dienone is 1.